The standard InChI is InChI=1S/C8H16O2S.2C2H6OS/c1-2-3-4-5-6-10-8(9)7-11;2*1-2(3)4/h11H,2-7H2,1H3;2*2-4H,1H3. The van der Waals surface area contributed by atoms with Crippen LogP contribution in [0.3, 0.4) is 0 Å². The van der Waals surface area contributed by atoms with Crippen LogP contribution in [0.2, 0.25) is 0 Å². The lowest BCUT2D eigenvalue weighted by molar-refractivity contribution is -0.140. The zero-order valence-electron chi connectivity index (χ0n) is 11.9. The number of aliphatic hydroxyl groups excluding tert-OH is 2. The molecule has 0 aromatic rings. The van der Waals surface area contributed by atoms with Gasteiger partial charge in [0.05, 0.1) is 23.2 Å². The number of aliphatic hydroxyl groups is 2. The Balaban J connectivity index is -0.000000264. The van der Waals surface area contributed by atoms with Crippen molar-refractivity contribution in [3.05, 3.63) is 0 Å². The fourth-order valence-electron chi connectivity index (χ4n) is 0.760. The van der Waals surface area contributed by atoms with Crippen LogP contribution in [-0.4, -0.2) is 39.4 Å². The van der Waals surface area contributed by atoms with Gasteiger partial charge in [0.15, 0.2) is 0 Å². The lowest BCUT2D eigenvalue weighted by Gasteiger charge is -2.01. The molecule has 2 atom stereocenters. The van der Waals surface area contributed by atoms with Crippen molar-refractivity contribution in [2.24, 2.45) is 0 Å². The van der Waals surface area contributed by atoms with Gasteiger partial charge in [0.2, 0.25) is 0 Å². The van der Waals surface area contributed by atoms with Crippen molar-refractivity contribution < 1.29 is 19.7 Å². The maximum atomic E-state index is 10.5. The molecule has 19 heavy (non-hydrogen) atoms. The monoisotopic (exact) mass is 332 g/mol. The number of thiol groups is 3. The molecule has 0 spiro atoms. The molecule has 0 aliphatic rings. The van der Waals surface area contributed by atoms with E-state index in [1.807, 2.05) is 0 Å². The van der Waals surface area contributed by atoms with Crippen LogP contribution in [-0.2, 0) is 9.53 Å². The summed E-state index contributed by atoms with van der Waals surface area (Å²) in [5.41, 5.74) is -0.944. The SMILES string of the molecule is CC(O)S.CC(O)S.CCCCCCOC(=O)CS. The summed E-state index contributed by atoms with van der Waals surface area (Å²) in [6.45, 7) is 5.88. The molecule has 0 fully saturated rings. The van der Waals surface area contributed by atoms with E-state index in [1.165, 1.54) is 12.8 Å². The lowest BCUT2D eigenvalue weighted by atomic mass is 10.2. The van der Waals surface area contributed by atoms with Crippen molar-refractivity contribution >= 4 is 43.9 Å². The quantitative estimate of drug-likeness (QED) is 0.224. The molecule has 2 unspecified atom stereocenters. The van der Waals surface area contributed by atoms with Gasteiger partial charge in [-0.1, -0.05) is 26.2 Å². The molecule has 0 saturated heterocycles. The third-order valence-electron chi connectivity index (χ3n) is 1.39. The maximum absolute atomic E-state index is 10.5. The second-order valence-electron chi connectivity index (χ2n) is 3.70. The topological polar surface area (TPSA) is 66.8 Å². The largest absolute Gasteiger partial charge is 0.465 e. The first kappa shape index (κ1) is 24.5. The van der Waals surface area contributed by atoms with E-state index in [2.05, 4.69) is 44.8 Å². The Labute approximate surface area is 133 Å². The maximum Gasteiger partial charge on any atom is 0.315 e. The highest BCUT2D eigenvalue weighted by Crippen LogP contribution is 1.98. The molecule has 0 heterocycles. The molecule has 4 nitrogen and oxygen atoms in total. The number of ether oxygens (including phenoxy) is 1. The Morgan fingerprint density at radius 3 is 1.84 bits per heavy atom. The summed E-state index contributed by atoms with van der Waals surface area (Å²) in [6.07, 6.45) is 4.56. The van der Waals surface area contributed by atoms with Gasteiger partial charge in [0, 0.05) is 0 Å². The molecule has 7 heteroatoms. The minimum absolute atomic E-state index is 0.188. The third-order valence-corrected chi connectivity index (χ3v) is 1.65. The molecule has 2 N–H and O–H groups in total. The number of esters is 1. The highest BCUT2D eigenvalue weighted by Gasteiger charge is 1.96. The second-order valence-corrected chi connectivity index (χ2v) is 5.51. The lowest BCUT2D eigenvalue weighted by Crippen LogP contribution is -2.06. The molecule has 0 aromatic carbocycles. The zero-order valence-corrected chi connectivity index (χ0v) is 14.6. The Morgan fingerprint density at radius 1 is 1.11 bits per heavy atom. The van der Waals surface area contributed by atoms with Crippen LogP contribution in [0.15, 0.2) is 0 Å². The van der Waals surface area contributed by atoms with Gasteiger partial charge in [-0.3, -0.25) is 4.79 Å². The van der Waals surface area contributed by atoms with Gasteiger partial charge in [-0.2, -0.15) is 12.6 Å². The van der Waals surface area contributed by atoms with Gasteiger partial charge in [-0.25, -0.2) is 0 Å². The van der Waals surface area contributed by atoms with Crippen LogP contribution in [0.4, 0.5) is 0 Å². The van der Waals surface area contributed by atoms with E-state index in [0.717, 1.165) is 12.8 Å². The first-order chi connectivity index (χ1) is 8.77. The molecule has 0 aliphatic heterocycles. The second kappa shape index (κ2) is 20.8. The predicted octanol–water partition coefficient (Wildman–Crippen LogP) is 2.55. The Hall–Kier alpha value is 0.440. The average molecular weight is 333 g/mol. The number of carbonyl (C=O) groups excluding carboxylic acids is 1. The molecule has 0 aromatic heterocycles. The van der Waals surface area contributed by atoms with E-state index >= 15 is 0 Å². The van der Waals surface area contributed by atoms with Gasteiger partial charge in [-0.15, -0.1) is 25.3 Å². The van der Waals surface area contributed by atoms with E-state index in [9.17, 15) is 4.79 Å². The molecule has 0 rings (SSSR count). The van der Waals surface area contributed by atoms with Crippen LogP contribution in [0, 0.1) is 0 Å². The summed E-state index contributed by atoms with van der Waals surface area (Å²) >= 11 is 10.8. The minimum atomic E-state index is -0.472. The first-order valence-corrected chi connectivity index (χ1v) is 7.93. The Kier molecular flexibility index (Phi) is 26.7. The van der Waals surface area contributed by atoms with Crippen molar-refractivity contribution in [1.82, 2.24) is 0 Å². The van der Waals surface area contributed by atoms with Crippen molar-refractivity contribution in [3.8, 4) is 0 Å². The number of hydrogen-bond acceptors (Lipinski definition) is 7. The molecule has 0 amide bonds. The summed E-state index contributed by atoms with van der Waals surface area (Å²) in [5, 5.41) is 15.8. The highest BCUT2D eigenvalue weighted by molar-refractivity contribution is 7.81. The van der Waals surface area contributed by atoms with Crippen molar-refractivity contribution in [3.63, 3.8) is 0 Å². The van der Waals surface area contributed by atoms with Gasteiger partial charge >= 0.3 is 5.97 Å². The molecule has 0 saturated carbocycles. The van der Waals surface area contributed by atoms with Gasteiger partial charge in [0.25, 0.3) is 0 Å². The summed E-state index contributed by atoms with van der Waals surface area (Å²) in [7, 11) is 0. The first-order valence-electron chi connectivity index (χ1n) is 6.26. The number of unbranched alkanes of at least 4 members (excludes halogenated alkanes) is 3. The summed E-state index contributed by atoms with van der Waals surface area (Å²) < 4.78 is 4.82. The Bertz CT molecular complexity index is 167. The van der Waals surface area contributed by atoms with E-state index in [-0.39, 0.29) is 11.7 Å². The minimum Gasteiger partial charge on any atom is -0.465 e. The fraction of sp³-hybridized carbons (Fsp3) is 0.917. The van der Waals surface area contributed by atoms with Crippen molar-refractivity contribution in [2.75, 3.05) is 12.4 Å². The predicted molar refractivity (Wildman–Crippen MR) is 90.3 cm³/mol. The average Bonchev–Trinajstić information content (AvgIpc) is 2.27. The van der Waals surface area contributed by atoms with Crippen LogP contribution in [0.25, 0.3) is 0 Å². The zero-order chi connectivity index (χ0) is 15.7. The van der Waals surface area contributed by atoms with Gasteiger partial charge < -0.3 is 14.9 Å². The van der Waals surface area contributed by atoms with Crippen LogP contribution in [0.1, 0.15) is 46.5 Å². The van der Waals surface area contributed by atoms with Crippen LogP contribution in [0.5, 0.6) is 0 Å². The molecular formula is C12H28O4S3. The van der Waals surface area contributed by atoms with Crippen LogP contribution < -0.4 is 0 Å². The highest BCUT2D eigenvalue weighted by atomic mass is 32.1. The number of carbonyl (C=O) groups is 1. The fourth-order valence-corrected chi connectivity index (χ4v) is 0.852. The molecule has 0 radical (unpaired) electrons. The number of rotatable bonds is 6. The van der Waals surface area contributed by atoms with E-state index in [1.54, 1.807) is 13.8 Å². The molecule has 0 aliphatic carbocycles. The number of hydrogen-bond donors (Lipinski definition) is 5. The molecule has 0 bridgehead atoms. The van der Waals surface area contributed by atoms with Crippen molar-refractivity contribution in [2.45, 2.75) is 57.3 Å². The normalized spacial score (nSPS) is 12.2. The van der Waals surface area contributed by atoms with E-state index in [4.69, 9.17) is 14.9 Å². The summed E-state index contributed by atoms with van der Waals surface area (Å²) in [6, 6.07) is 0. The molecule has 118 valence electrons. The van der Waals surface area contributed by atoms with E-state index in [0.29, 0.717) is 6.61 Å². The summed E-state index contributed by atoms with van der Waals surface area (Å²) in [4.78, 5) is 10.5. The van der Waals surface area contributed by atoms with Gasteiger partial charge in [0.1, 0.15) is 0 Å². The van der Waals surface area contributed by atoms with E-state index < -0.39 is 10.9 Å². The summed E-state index contributed by atoms with van der Waals surface area (Å²) in [5.74, 6) is -0.0295. The smallest absolute Gasteiger partial charge is 0.315 e. The van der Waals surface area contributed by atoms with Gasteiger partial charge in [-0.05, 0) is 20.3 Å². The third kappa shape index (κ3) is 55.9. The molecular weight excluding hydrogens is 304 g/mol. The Morgan fingerprint density at radius 2 is 1.53 bits per heavy atom. The van der Waals surface area contributed by atoms with Crippen molar-refractivity contribution in [1.29, 1.82) is 0 Å². The van der Waals surface area contributed by atoms with Crippen LogP contribution >= 0.6 is 37.9 Å².